The van der Waals surface area contributed by atoms with E-state index < -0.39 is 0 Å². The molecule has 2 fully saturated rings. The zero-order valence-corrected chi connectivity index (χ0v) is 15.3. The number of carbonyl (C=O) groups is 2. The molecule has 1 atom stereocenters. The quantitative estimate of drug-likeness (QED) is 0.805. The van der Waals surface area contributed by atoms with Crippen molar-refractivity contribution in [1.82, 2.24) is 15.1 Å². The van der Waals surface area contributed by atoms with Gasteiger partial charge in [-0.15, -0.1) is 0 Å². The first-order valence-corrected chi connectivity index (χ1v) is 9.18. The summed E-state index contributed by atoms with van der Waals surface area (Å²) in [6, 6.07) is 7.43. The molecule has 3 rings (SSSR count). The number of ether oxygens (including phenoxy) is 2. The summed E-state index contributed by atoms with van der Waals surface area (Å²) in [7, 11) is 1.62. The van der Waals surface area contributed by atoms with Crippen molar-refractivity contribution in [3.8, 4) is 5.75 Å². The lowest BCUT2D eigenvalue weighted by atomic mass is 10.2. The van der Waals surface area contributed by atoms with Crippen LogP contribution in [0.3, 0.4) is 0 Å². The number of rotatable bonds is 6. The molecule has 0 bridgehead atoms. The van der Waals surface area contributed by atoms with E-state index in [0.29, 0.717) is 32.8 Å². The summed E-state index contributed by atoms with van der Waals surface area (Å²) < 4.78 is 10.6. The molecule has 2 aliphatic rings. The van der Waals surface area contributed by atoms with Crippen molar-refractivity contribution in [2.75, 3.05) is 46.5 Å². The van der Waals surface area contributed by atoms with Gasteiger partial charge in [-0.3, -0.25) is 14.5 Å². The second-order valence-electron chi connectivity index (χ2n) is 6.65. The summed E-state index contributed by atoms with van der Waals surface area (Å²) in [5.41, 5.74) is 0.936. The Morgan fingerprint density at radius 3 is 2.77 bits per heavy atom. The molecule has 0 aliphatic carbocycles. The van der Waals surface area contributed by atoms with Crippen molar-refractivity contribution in [1.29, 1.82) is 0 Å². The molecule has 7 heteroatoms. The van der Waals surface area contributed by atoms with E-state index in [4.69, 9.17) is 9.47 Å². The Kier molecular flexibility index (Phi) is 6.46. The van der Waals surface area contributed by atoms with E-state index in [0.717, 1.165) is 30.7 Å². The molecule has 7 nitrogen and oxygen atoms in total. The number of benzene rings is 1. The monoisotopic (exact) mass is 361 g/mol. The zero-order chi connectivity index (χ0) is 18.4. The van der Waals surface area contributed by atoms with Crippen LogP contribution in [0.25, 0.3) is 0 Å². The minimum Gasteiger partial charge on any atom is -0.496 e. The molecule has 2 aliphatic heterocycles. The van der Waals surface area contributed by atoms with E-state index in [-0.39, 0.29) is 24.4 Å². The van der Waals surface area contributed by atoms with E-state index >= 15 is 0 Å². The van der Waals surface area contributed by atoms with Crippen LogP contribution in [-0.2, 0) is 20.9 Å². The average molecular weight is 361 g/mol. The van der Waals surface area contributed by atoms with E-state index in [1.165, 1.54) is 0 Å². The van der Waals surface area contributed by atoms with Crippen LogP contribution in [0.15, 0.2) is 24.3 Å². The van der Waals surface area contributed by atoms with Crippen molar-refractivity contribution in [3.63, 3.8) is 0 Å². The highest BCUT2D eigenvalue weighted by molar-refractivity contribution is 5.84. The van der Waals surface area contributed by atoms with Crippen LogP contribution in [0, 0.1) is 0 Å². The number of hydrogen-bond donors (Lipinski definition) is 1. The van der Waals surface area contributed by atoms with Crippen molar-refractivity contribution in [2.24, 2.45) is 0 Å². The first kappa shape index (κ1) is 18.7. The highest BCUT2D eigenvalue weighted by Gasteiger charge is 2.35. The summed E-state index contributed by atoms with van der Waals surface area (Å²) in [6.45, 7) is 3.92. The molecule has 2 heterocycles. The second kappa shape index (κ2) is 9.00. The molecule has 0 saturated carbocycles. The predicted octanol–water partition coefficient (Wildman–Crippen LogP) is 0.635. The smallest absolute Gasteiger partial charge is 0.240 e. The minimum atomic E-state index is -0.190. The zero-order valence-electron chi connectivity index (χ0n) is 15.3. The maximum Gasteiger partial charge on any atom is 0.240 e. The van der Waals surface area contributed by atoms with Crippen LogP contribution in [0.1, 0.15) is 18.4 Å². The van der Waals surface area contributed by atoms with Gasteiger partial charge in [-0.25, -0.2) is 0 Å². The number of methoxy groups -OCH3 is 1. The third-order valence-electron chi connectivity index (χ3n) is 4.99. The Hall–Kier alpha value is -2.12. The van der Waals surface area contributed by atoms with Gasteiger partial charge in [0.05, 0.1) is 32.9 Å². The molecule has 1 aromatic carbocycles. The fourth-order valence-corrected chi connectivity index (χ4v) is 3.57. The molecule has 2 amide bonds. The van der Waals surface area contributed by atoms with E-state index in [2.05, 4.69) is 5.32 Å². The van der Waals surface area contributed by atoms with Crippen LogP contribution < -0.4 is 10.1 Å². The lowest BCUT2D eigenvalue weighted by molar-refractivity contribution is -0.140. The Morgan fingerprint density at radius 1 is 1.23 bits per heavy atom. The van der Waals surface area contributed by atoms with Gasteiger partial charge >= 0.3 is 0 Å². The van der Waals surface area contributed by atoms with Crippen molar-refractivity contribution in [3.05, 3.63) is 29.8 Å². The topological polar surface area (TPSA) is 71.1 Å². The second-order valence-corrected chi connectivity index (χ2v) is 6.65. The highest BCUT2D eigenvalue weighted by atomic mass is 16.5. The predicted molar refractivity (Wildman–Crippen MR) is 96.8 cm³/mol. The van der Waals surface area contributed by atoms with Crippen molar-refractivity contribution >= 4 is 11.8 Å². The summed E-state index contributed by atoms with van der Waals surface area (Å²) in [5.74, 6) is 0.815. The first-order chi connectivity index (χ1) is 12.7. The lowest BCUT2D eigenvalue weighted by Gasteiger charge is -2.32. The molecule has 0 aromatic heterocycles. The van der Waals surface area contributed by atoms with Crippen LogP contribution in [0.4, 0.5) is 0 Å². The largest absolute Gasteiger partial charge is 0.496 e. The molecule has 142 valence electrons. The van der Waals surface area contributed by atoms with Gasteiger partial charge in [0.25, 0.3) is 0 Å². The Morgan fingerprint density at radius 2 is 2.00 bits per heavy atom. The average Bonchev–Trinajstić information content (AvgIpc) is 3.14. The van der Waals surface area contributed by atoms with Gasteiger partial charge in [-0.1, -0.05) is 18.2 Å². The number of likely N-dealkylation sites (tertiary alicyclic amines) is 1. The van der Waals surface area contributed by atoms with E-state index in [1.54, 1.807) is 7.11 Å². The fraction of sp³-hybridized carbons (Fsp3) is 0.579. The number of para-hydroxylation sites is 1. The number of hydrogen-bond acceptors (Lipinski definition) is 5. The van der Waals surface area contributed by atoms with Crippen LogP contribution >= 0.6 is 0 Å². The fourth-order valence-electron chi connectivity index (χ4n) is 3.57. The maximum absolute atomic E-state index is 12.7. The SMILES string of the molecule is COc1ccccc1CNC(=O)CN1CCCC1C(=O)N1CCOCC1. The Labute approximate surface area is 154 Å². The summed E-state index contributed by atoms with van der Waals surface area (Å²) >= 11 is 0. The van der Waals surface area contributed by atoms with Crippen molar-refractivity contribution in [2.45, 2.75) is 25.4 Å². The number of nitrogens with zero attached hydrogens (tertiary/aromatic N) is 2. The number of amides is 2. The Balaban J connectivity index is 1.52. The van der Waals surface area contributed by atoms with E-state index in [1.807, 2.05) is 34.1 Å². The summed E-state index contributed by atoms with van der Waals surface area (Å²) in [6.07, 6.45) is 1.76. The van der Waals surface area contributed by atoms with Gasteiger partial charge in [0.15, 0.2) is 0 Å². The third kappa shape index (κ3) is 4.53. The number of nitrogens with one attached hydrogen (secondary N) is 1. The molecule has 1 unspecified atom stereocenters. The number of morpholine rings is 1. The van der Waals surface area contributed by atoms with Gasteiger partial charge in [0.1, 0.15) is 5.75 Å². The van der Waals surface area contributed by atoms with Gasteiger partial charge in [0, 0.05) is 25.2 Å². The maximum atomic E-state index is 12.7. The molecular weight excluding hydrogens is 334 g/mol. The normalized spacial score (nSPS) is 20.8. The highest BCUT2D eigenvalue weighted by Crippen LogP contribution is 2.20. The van der Waals surface area contributed by atoms with Gasteiger partial charge in [-0.2, -0.15) is 0 Å². The first-order valence-electron chi connectivity index (χ1n) is 9.18. The molecule has 0 radical (unpaired) electrons. The summed E-state index contributed by atoms with van der Waals surface area (Å²) in [5, 5.41) is 2.93. The molecule has 0 spiro atoms. The van der Waals surface area contributed by atoms with Crippen LogP contribution in [-0.4, -0.2) is 74.2 Å². The number of carbonyl (C=O) groups excluding carboxylic acids is 2. The van der Waals surface area contributed by atoms with Gasteiger partial charge in [0.2, 0.25) is 11.8 Å². The Bertz CT molecular complexity index is 631. The lowest BCUT2D eigenvalue weighted by Crippen LogP contribution is -2.51. The molecule has 2 saturated heterocycles. The third-order valence-corrected chi connectivity index (χ3v) is 4.99. The van der Waals surface area contributed by atoms with Gasteiger partial charge in [-0.05, 0) is 25.5 Å². The van der Waals surface area contributed by atoms with Crippen LogP contribution in [0.5, 0.6) is 5.75 Å². The molecule has 26 heavy (non-hydrogen) atoms. The molecule has 1 aromatic rings. The van der Waals surface area contributed by atoms with Gasteiger partial charge < -0.3 is 19.7 Å². The molecule has 1 N–H and O–H groups in total. The van der Waals surface area contributed by atoms with Crippen molar-refractivity contribution < 1.29 is 19.1 Å². The summed E-state index contributed by atoms with van der Waals surface area (Å²) in [4.78, 5) is 29.0. The minimum absolute atomic E-state index is 0.0717. The van der Waals surface area contributed by atoms with Crippen LogP contribution in [0.2, 0.25) is 0 Å². The van der Waals surface area contributed by atoms with E-state index in [9.17, 15) is 9.59 Å². The molecular formula is C19H27N3O4. The standard InChI is InChI=1S/C19H27N3O4/c1-25-17-7-3-2-5-15(17)13-20-18(23)14-22-8-4-6-16(22)19(24)21-9-11-26-12-10-21/h2-3,5,7,16H,4,6,8-14H2,1H3,(H,20,23).